The van der Waals surface area contributed by atoms with E-state index in [1.54, 1.807) is 0 Å². The highest BCUT2D eigenvalue weighted by Crippen LogP contribution is 2.29. The quantitative estimate of drug-likeness (QED) is 0.861. The van der Waals surface area contributed by atoms with Gasteiger partial charge in [0.2, 0.25) is 5.89 Å². The molecular formula is C16H23N3O2. The Morgan fingerprint density at radius 1 is 1.19 bits per heavy atom. The highest BCUT2D eigenvalue weighted by atomic mass is 16.5. The van der Waals surface area contributed by atoms with Gasteiger partial charge in [0.05, 0.1) is 17.7 Å². The van der Waals surface area contributed by atoms with Crippen molar-refractivity contribution in [1.82, 2.24) is 9.88 Å². The predicted octanol–water partition coefficient (Wildman–Crippen LogP) is 2.80. The van der Waals surface area contributed by atoms with E-state index in [0.29, 0.717) is 12.2 Å². The van der Waals surface area contributed by atoms with Crippen LogP contribution in [-0.4, -0.2) is 34.2 Å². The van der Waals surface area contributed by atoms with E-state index in [4.69, 9.17) is 14.9 Å². The molecule has 1 fully saturated rings. The van der Waals surface area contributed by atoms with Gasteiger partial charge in [-0.15, -0.1) is 0 Å². The normalized spacial score (nSPS) is 21.7. The van der Waals surface area contributed by atoms with Crippen molar-refractivity contribution in [1.29, 1.82) is 0 Å². The standard InChI is InChI=1S/C16H23N3O2/c1-15(2)9-19(10-16(3,4)21-15)8-14-18-12-6-5-11(17)7-13(12)20-14/h5-7H,8-10,17H2,1-4H3. The van der Waals surface area contributed by atoms with Crippen molar-refractivity contribution in [2.45, 2.75) is 45.4 Å². The van der Waals surface area contributed by atoms with Gasteiger partial charge in [0, 0.05) is 24.8 Å². The molecule has 1 aliphatic rings. The second-order valence-electron chi connectivity index (χ2n) is 7.10. The average Bonchev–Trinajstić information content (AvgIpc) is 2.65. The summed E-state index contributed by atoms with van der Waals surface area (Å²) in [5.74, 6) is 0.726. The molecule has 1 aromatic carbocycles. The van der Waals surface area contributed by atoms with Crippen LogP contribution in [0.4, 0.5) is 5.69 Å². The second kappa shape index (κ2) is 4.71. The van der Waals surface area contributed by atoms with E-state index in [9.17, 15) is 0 Å². The summed E-state index contributed by atoms with van der Waals surface area (Å²) in [6, 6.07) is 5.56. The first-order valence-corrected chi connectivity index (χ1v) is 7.30. The summed E-state index contributed by atoms with van der Waals surface area (Å²) in [6.45, 7) is 10.9. The van der Waals surface area contributed by atoms with Crippen LogP contribution in [0.1, 0.15) is 33.6 Å². The molecule has 3 rings (SSSR count). The third-order valence-corrected chi connectivity index (χ3v) is 3.58. The molecule has 0 unspecified atom stereocenters. The van der Waals surface area contributed by atoms with Gasteiger partial charge in [-0.25, -0.2) is 4.98 Å². The Labute approximate surface area is 125 Å². The molecule has 114 valence electrons. The molecule has 0 amide bonds. The van der Waals surface area contributed by atoms with Crippen LogP contribution in [0.3, 0.4) is 0 Å². The molecule has 5 heteroatoms. The number of nitrogen functional groups attached to an aromatic ring is 1. The van der Waals surface area contributed by atoms with Crippen molar-refractivity contribution in [3.63, 3.8) is 0 Å². The van der Waals surface area contributed by atoms with Gasteiger partial charge in [-0.05, 0) is 39.8 Å². The summed E-state index contributed by atoms with van der Waals surface area (Å²) in [5.41, 5.74) is 7.73. The number of ether oxygens (including phenoxy) is 1. The van der Waals surface area contributed by atoms with E-state index in [1.807, 2.05) is 18.2 Å². The van der Waals surface area contributed by atoms with Gasteiger partial charge in [0.15, 0.2) is 5.58 Å². The van der Waals surface area contributed by atoms with E-state index in [0.717, 1.165) is 30.1 Å². The van der Waals surface area contributed by atoms with Gasteiger partial charge >= 0.3 is 0 Å². The Morgan fingerprint density at radius 2 is 1.86 bits per heavy atom. The van der Waals surface area contributed by atoms with Crippen LogP contribution >= 0.6 is 0 Å². The second-order valence-corrected chi connectivity index (χ2v) is 7.10. The van der Waals surface area contributed by atoms with Crippen LogP contribution in [0, 0.1) is 0 Å². The number of nitrogens with two attached hydrogens (primary N) is 1. The number of hydrogen-bond acceptors (Lipinski definition) is 5. The molecule has 1 aromatic heterocycles. The van der Waals surface area contributed by atoms with Gasteiger partial charge in [-0.3, -0.25) is 4.90 Å². The number of aromatic nitrogens is 1. The third kappa shape index (κ3) is 3.19. The maximum absolute atomic E-state index is 6.09. The molecule has 0 radical (unpaired) electrons. The van der Waals surface area contributed by atoms with E-state index in [1.165, 1.54) is 0 Å². The number of nitrogens with zero attached hydrogens (tertiary/aromatic N) is 2. The minimum absolute atomic E-state index is 0.168. The number of morpholine rings is 1. The van der Waals surface area contributed by atoms with Crippen molar-refractivity contribution >= 4 is 16.8 Å². The molecule has 0 bridgehead atoms. The van der Waals surface area contributed by atoms with Crippen LogP contribution in [0.2, 0.25) is 0 Å². The minimum atomic E-state index is -0.168. The molecule has 2 N–H and O–H groups in total. The van der Waals surface area contributed by atoms with Crippen molar-refractivity contribution < 1.29 is 9.15 Å². The van der Waals surface area contributed by atoms with E-state index in [2.05, 4.69) is 37.6 Å². The molecule has 0 atom stereocenters. The summed E-state index contributed by atoms with van der Waals surface area (Å²) in [4.78, 5) is 6.87. The first-order chi connectivity index (χ1) is 9.72. The Morgan fingerprint density at radius 3 is 2.52 bits per heavy atom. The van der Waals surface area contributed by atoms with E-state index < -0.39 is 0 Å². The van der Waals surface area contributed by atoms with Crippen LogP contribution in [0.5, 0.6) is 0 Å². The Bertz CT molecular complexity index is 645. The third-order valence-electron chi connectivity index (χ3n) is 3.58. The Kier molecular flexibility index (Phi) is 3.22. The molecule has 1 saturated heterocycles. The topological polar surface area (TPSA) is 64.5 Å². The molecular weight excluding hydrogens is 266 g/mol. The summed E-state index contributed by atoms with van der Waals surface area (Å²) < 4.78 is 11.9. The summed E-state index contributed by atoms with van der Waals surface area (Å²) in [6.07, 6.45) is 0. The summed E-state index contributed by atoms with van der Waals surface area (Å²) in [7, 11) is 0. The van der Waals surface area contributed by atoms with Gasteiger partial charge in [-0.1, -0.05) is 0 Å². The van der Waals surface area contributed by atoms with Gasteiger partial charge < -0.3 is 14.9 Å². The average molecular weight is 289 g/mol. The number of anilines is 1. The van der Waals surface area contributed by atoms with E-state index in [-0.39, 0.29) is 11.2 Å². The predicted molar refractivity (Wildman–Crippen MR) is 82.9 cm³/mol. The number of hydrogen-bond donors (Lipinski definition) is 1. The fourth-order valence-corrected chi connectivity index (χ4v) is 3.31. The first-order valence-electron chi connectivity index (χ1n) is 7.30. The zero-order valence-electron chi connectivity index (χ0n) is 13.1. The lowest BCUT2D eigenvalue weighted by atomic mass is 9.99. The van der Waals surface area contributed by atoms with Gasteiger partial charge in [-0.2, -0.15) is 0 Å². The smallest absolute Gasteiger partial charge is 0.209 e. The number of rotatable bonds is 2. The highest BCUT2D eigenvalue weighted by Gasteiger charge is 2.38. The Hall–Kier alpha value is -1.59. The van der Waals surface area contributed by atoms with Crippen LogP contribution < -0.4 is 5.73 Å². The van der Waals surface area contributed by atoms with Crippen LogP contribution in [-0.2, 0) is 11.3 Å². The number of benzene rings is 1. The van der Waals surface area contributed by atoms with E-state index >= 15 is 0 Å². The molecule has 0 aliphatic carbocycles. The molecule has 0 spiro atoms. The molecule has 21 heavy (non-hydrogen) atoms. The zero-order chi connectivity index (χ0) is 15.3. The summed E-state index contributed by atoms with van der Waals surface area (Å²) in [5, 5.41) is 0. The first kappa shape index (κ1) is 14.4. The fraction of sp³-hybridized carbons (Fsp3) is 0.562. The highest BCUT2D eigenvalue weighted by molar-refractivity contribution is 5.76. The Balaban J connectivity index is 1.81. The lowest BCUT2D eigenvalue weighted by Gasteiger charge is -2.46. The SMILES string of the molecule is CC1(C)CN(Cc2nc3ccc(N)cc3o2)CC(C)(C)O1. The summed E-state index contributed by atoms with van der Waals surface area (Å²) >= 11 is 0. The van der Waals surface area contributed by atoms with Gasteiger partial charge in [0.1, 0.15) is 5.52 Å². The monoisotopic (exact) mass is 289 g/mol. The largest absolute Gasteiger partial charge is 0.439 e. The van der Waals surface area contributed by atoms with Gasteiger partial charge in [0.25, 0.3) is 0 Å². The maximum Gasteiger partial charge on any atom is 0.209 e. The van der Waals surface area contributed by atoms with Crippen LogP contribution in [0.25, 0.3) is 11.1 Å². The maximum atomic E-state index is 6.09. The molecule has 2 heterocycles. The van der Waals surface area contributed by atoms with Crippen LogP contribution in [0.15, 0.2) is 22.6 Å². The molecule has 0 saturated carbocycles. The van der Waals surface area contributed by atoms with Crippen molar-refractivity contribution in [3.05, 3.63) is 24.1 Å². The number of fused-ring (bicyclic) bond motifs is 1. The number of oxazole rings is 1. The fourth-order valence-electron chi connectivity index (χ4n) is 3.31. The van der Waals surface area contributed by atoms with Crippen molar-refractivity contribution in [2.75, 3.05) is 18.8 Å². The van der Waals surface area contributed by atoms with Crippen molar-refractivity contribution in [3.8, 4) is 0 Å². The molecule has 2 aromatic rings. The van der Waals surface area contributed by atoms with Crippen molar-refractivity contribution in [2.24, 2.45) is 0 Å². The molecule has 1 aliphatic heterocycles. The zero-order valence-corrected chi connectivity index (χ0v) is 13.1. The lowest BCUT2D eigenvalue weighted by Crippen LogP contribution is -2.56. The minimum Gasteiger partial charge on any atom is -0.439 e. The lowest BCUT2D eigenvalue weighted by molar-refractivity contribution is -0.182. The molecule has 5 nitrogen and oxygen atoms in total.